The number of aromatic nitrogens is 2. The van der Waals surface area contributed by atoms with Crippen molar-refractivity contribution in [2.24, 2.45) is 0 Å². The van der Waals surface area contributed by atoms with Crippen LogP contribution in [0.15, 0.2) is 29.0 Å². The van der Waals surface area contributed by atoms with E-state index in [-0.39, 0.29) is 0 Å². The van der Waals surface area contributed by atoms with Crippen molar-refractivity contribution in [3.63, 3.8) is 0 Å². The molecule has 0 saturated carbocycles. The zero-order valence-electron chi connectivity index (χ0n) is 6.58. The predicted molar refractivity (Wildman–Crippen MR) is 52.0 cm³/mol. The fourth-order valence-corrected chi connectivity index (χ4v) is 1.84. The number of fused-ring (bicyclic) bond motifs is 1. The molecule has 3 heteroatoms. The molecule has 0 aliphatic rings. The molecule has 0 radical (unpaired) electrons. The lowest BCUT2D eigenvalue weighted by Gasteiger charge is -2.00. The summed E-state index contributed by atoms with van der Waals surface area (Å²) in [4.78, 5) is 0. The van der Waals surface area contributed by atoms with Crippen LogP contribution in [0.2, 0.25) is 0 Å². The second kappa shape index (κ2) is 2.83. The molecule has 0 unspecified atom stereocenters. The summed E-state index contributed by atoms with van der Waals surface area (Å²) in [7, 11) is 0. The fourth-order valence-electron chi connectivity index (χ4n) is 1.25. The van der Waals surface area contributed by atoms with Crippen molar-refractivity contribution in [3.8, 4) is 0 Å². The van der Waals surface area contributed by atoms with Crippen LogP contribution in [0.3, 0.4) is 0 Å². The highest BCUT2D eigenvalue weighted by atomic mass is 79.9. The standard InChI is InChI=1S/C9H7BrN2/c1-6-2-8(10)3-7-4-11-12-5-9(6)7/h2-5H,1H3. The third-order valence-electron chi connectivity index (χ3n) is 1.83. The Morgan fingerprint density at radius 1 is 1.17 bits per heavy atom. The van der Waals surface area contributed by atoms with Crippen molar-refractivity contribution < 1.29 is 0 Å². The Hall–Kier alpha value is -0.960. The largest absolute Gasteiger partial charge is 0.158 e. The highest BCUT2D eigenvalue weighted by molar-refractivity contribution is 9.10. The molecule has 1 aromatic carbocycles. The lowest BCUT2D eigenvalue weighted by atomic mass is 10.1. The van der Waals surface area contributed by atoms with E-state index in [1.54, 1.807) is 12.4 Å². The highest BCUT2D eigenvalue weighted by Gasteiger charge is 1.98. The Kier molecular flexibility index (Phi) is 1.81. The maximum Gasteiger partial charge on any atom is 0.0577 e. The van der Waals surface area contributed by atoms with E-state index in [2.05, 4.69) is 39.1 Å². The van der Waals surface area contributed by atoms with Gasteiger partial charge in [0.2, 0.25) is 0 Å². The maximum absolute atomic E-state index is 3.84. The molecule has 60 valence electrons. The van der Waals surface area contributed by atoms with Gasteiger partial charge >= 0.3 is 0 Å². The third-order valence-corrected chi connectivity index (χ3v) is 2.29. The van der Waals surface area contributed by atoms with Gasteiger partial charge in [0, 0.05) is 15.2 Å². The van der Waals surface area contributed by atoms with E-state index < -0.39 is 0 Å². The van der Waals surface area contributed by atoms with Crippen LogP contribution in [0.5, 0.6) is 0 Å². The summed E-state index contributed by atoms with van der Waals surface area (Å²) in [6.07, 6.45) is 3.56. The molecule has 0 bridgehead atoms. The summed E-state index contributed by atoms with van der Waals surface area (Å²) in [6.45, 7) is 2.06. The van der Waals surface area contributed by atoms with E-state index in [1.165, 1.54) is 5.56 Å². The lowest BCUT2D eigenvalue weighted by Crippen LogP contribution is -1.83. The van der Waals surface area contributed by atoms with Gasteiger partial charge in [-0.1, -0.05) is 15.9 Å². The van der Waals surface area contributed by atoms with Crippen molar-refractivity contribution in [2.75, 3.05) is 0 Å². The number of nitrogens with zero attached hydrogens (tertiary/aromatic N) is 2. The van der Waals surface area contributed by atoms with Crippen LogP contribution in [0.1, 0.15) is 5.56 Å². The van der Waals surface area contributed by atoms with Crippen molar-refractivity contribution in [1.29, 1.82) is 0 Å². The smallest absolute Gasteiger partial charge is 0.0577 e. The number of benzene rings is 1. The zero-order valence-corrected chi connectivity index (χ0v) is 8.17. The van der Waals surface area contributed by atoms with E-state index in [9.17, 15) is 0 Å². The van der Waals surface area contributed by atoms with Gasteiger partial charge in [0.15, 0.2) is 0 Å². The van der Waals surface area contributed by atoms with Gasteiger partial charge in [-0.25, -0.2) is 0 Å². The molecule has 0 aliphatic carbocycles. The van der Waals surface area contributed by atoms with Crippen LogP contribution < -0.4 is 0 Å². The summed E-state index contributed by atoms with van der Waals surface area (Å²) in [5, 5.41) is 9.94. The molecule has 2 rings (SSSR count). The SMILES string of the molecule is Cc1cc(Br)cc2cnncc12. The van der Waals surface area contributed by atoms with Crippen LogP contribution in [0, 0.1) is 6.92 Å². The van der Waals surface area contributed by atoms with E-state index in [1.807, 2.05) is 6.07 Å². The molecule has 0 saturated heterocycles. The zero-order chi connectivity index (χ0) is 8.55. The Bertz CT molecular complexity index is 426. The first kappa shape index (κ1) is 7.68. The van der Waals surface area contributed by atoms with Gasteiger partial charge in [-0.3, -0.25) is 0 Å². The molecule has 0 N–H and O–H groups in total. The van der Waals surface area contributed by atoms with Gasteiger partial charge in [0.05, 0.1) is 12.4 Å². The molecule has 0 fully saturated rings. The normalized spacial score (nSPS) is 10.5. The summed E-state index contributed by atoms with van der Waals surface area (Å²) in [5.74, 6) is 0. The number of halogens is 1. The van der Waals surface area contributed by atoms with Crippen LogP contribution >= 0.6 is 15.9 Å². The van der Waals surface area contributed by atoms with Crippen LogP contribution in [0.4, 0.5) is 0 Å². The monoisotopic (exact) mass is 222 g/mol. The molecule has 2 nitrogen and oxygen atoms in total. The highest BCUT2D eigenvalue weighted by Crippen LogP contribution is 2.21. The van der Waals surface area contributed by atoms with Crippen LogP contribution in [-0.2, 0) is 0 Å². The number of aryl methyl sites for hydroxylation is 1. The van der Waals surface area contributed by atoms with Crippen LogP contribution in [-0.4, -0.2) is 10.2 Å². The van der Waals surface area contributed by atoms with E-state index in [4.69, 9.17) is 0 Å². The molecule has 0 atom stereocenters. The first-order valence-electron chi connectivity index (χ1n) is 3.64. The lowest BCUT2D eigenvalue weighted by molar-refractivity contribution is 1.05. The Morgan fingerprint density at radius 3 is 2.75 bits per heavy atom. The van der Waals surface area contributed by atoms with Gasteiger partial charge in [-0.2, -0.15) is 10.2 Å². The summed E-state index contributed by atoms with van der Waals surface area (Å²) >= 11 is 3.44. The summed E-state index contributed by atoms with van der Waals surface area (Å²) in [5.41, 5.74) is 1.22. The Labute approximate surface area is 78.8 Å². The molecule has 0 aliphatic heterocycles. The van der Waals surface area contributed by atoms with Gasteiger partial charge in [-0.05, 0) is 24.6 Å². The minimum atomic E-state index is 1.08. The maximum atomic E-state index is 3.84. The minimum absolute atomic E-state index is 1.08. The first-order chi connectivity index (χ1) is 5.77. The molecular weight excluding hydrogens is 216 g/mol. The average Bonchev–Trinajstić information content (AvgIpc) is 2.04. The van der Waals surface area contributed by atoms with E-state index >= 15 is 0 Å². The summed E-state index contributed by atoms with van der Waals surface area (Å²) in [6, 6.07) is 4.11. The van der Waals surface area contributed by atoms with Crippen molar-refractivity contribution >= 4 is 26.7 Å². The second-order valence-corrected chi connectivity index (χ2v) is 3.63. The second-order valence-electron chi connectivity index (χ2n) is 2.71. The molecule has 0 spiro atoms. The van der Waals surface area contributed by atoms with Gasteiger partial charge < -0.3 is 0 Å². The first-order valence-corrected chi connectivity index (χ1v) is 4.43. The molecule has 12 heavy (non-hydrogen) atoms. The molecule has 2 aromatic rings. The van der Waals surface area contributed by atoms with Crippen molar-refractivity contribution in [1.82, 2.24) is 10.2 Å². The molecule has 0 amide bonds. The average molecular weight is 223 g/mol. The summed E-state index contributed by atoms with van der Waals surface area (Å²) < 4.78 is 1.08. The van der Waals surface area contributed by atoms with Crippen molar-refractivity contribution in [3.05, 3.63) is 34.6 Å². The van der Waals surface area contributed by atoms with E-state index in [0.717, 1.165) is 15.2 Å². The Balaban J connectivity index is 2.89. The quantitative estimate of drug-likeness (QED) is 0.686. The molecule has 1 heterocycles. The van der Waals surface area contributed by atoms with Crippen molar-refractivity contribution in [2.45, 2.75) is 6.92 Å². The molecular formula is C9H7BrN2. The van der Waals surface area contributed by atoms with E-state index in [0.29, 0.717) is 0 Å². The minimum Gasteiger partial charge on any atom is -0.158 e. The molecule has 1 aromatic heterocycles. The van der Waals surface area contributed by atoms with Gasteiger partial charge in [-0.15, -0.1) is 0 Å². The van der Waals surface area contributed by atoms with Gasteiger partial charge in [0.25, 0.3) is 0 Å². The topological polar surface area (TPSA) is 25.8 Å². The number of rotatable bonds is 0. The number of hydrogen-bond acceptors (Lipinski definition) is 2. The Morgan fingerprint density at radius 2 is 1.92 bits per heavy atom. The van der Waals surface area contributed by atoms with Crippen LogP contribution in [0.25, 0.3) is 10.8 Å². The predicted octanol–water partition coefficient (Wildman–Crippen LogP) is 2.70. The fraction of sp³-hybridized carbons (Fsp3) is 0.111. The number of hydrogen-bond donors (Lipinski definition) is 0. The van der Waals surface area contributed by atoms with Gasteiger partial charge in [0.1, 0.15) is 0 Å². The third kappa shape index (κ3) is 1.20.